The van der Waals surface area contributed by atoms with Gasteiger partial charge in [0.1, 0.15) is 0 Å². The molecule has 1 aromatic rings. The summed E-state index contributed by atoms with van der Waals surface area (Å²) in [6, 6.07) is 3.23. The highest BCUT2D eigenvalue weighted by Crippen LogP contribution is 2.25. The summed E-state index contributed by atoms with van der Waals surface area (Å²) in [5, 5.41) is 8.90. The maximum Gasteiger partial charge on any atom is 0.368 e. The van der Waals surface area contributed by atoms with Crippen LogP contribution in [0.3, 0.4) is 0 Å². The Balaban J connectivity index is 2.66. The van der Waals surface area contributed by atoms with Crippen LogP contribution in [0.25, 0.3) is 0 Å². The van der Waals surface area contributed by atoms with Gasteiger partial charge in [-0.15, -0.1) is 0 Å². The first-order chi connectivity index (χ1) is 6.93. The SMILES string of the molecule is O=C(O)C(Cl)(Cl)OCc1ncccc1Cl. The van der Waals surface area contributed by atoms with E-state index >= 15 is 0 Å². The number of halogens is 3. The minimum absolute atomic E-state index is 0.182. The summed E-state index contributed by atoms with van der Waals surface area (Å²) in [6.45, 7) is -0.182. The molecular formula is C8H6Cl3NO3. The molecule has 1 aromatic heterocycles. The van der Waals surface area contributed by atoms with Gasteiger partial charge in [-0.1, -0.05) is 34.8 Å². The van der Waals surface area contributed by atoms with Crippen LogP contribution in [0.2, 0.25) is 5.02 Å². The van der Waals surface area contributed by atoms with E-state index in [1.807, 2.05) is 0 Å². The number of carbonyl (C=O) groups is 1. The Kier molecular flexibility index (Phi) is 4.16. The summed E-state index contributed by atoms with van der Waals surface area (Å²) in [6.07, 6.45) is 1.50. The Morgan fingerprint density at radius 3 is 2.80 bits per heavy atom. The number of pyridine rings is 1. The van der Waals surface area contributed by atoms with Crippen LogP contribution >= 0.6 is 34.8 Å². The Morgan fingerprint density at radius 1 is 1.60 bits per heavy atom. The quantitative estimate of drug-likeness (QED) is 0.854. The zero-order valence-electron chi connectivity index (χ0n) is 7.28. The molecule has 0 atom stereocenters. The number of rotatable bonds is 4. The molecule has 0 aliphatic carbocycles. The van der Waals surface area contributed by atoms with E-state index in [-0.39, 0.29) is 6.61 Å². The molecule has 0 fully saturated rings. The van der Waals surface area contributed by atoms with Gasteiger partial charge in [0, 0.05) is 6.20 Å². The molecule has 7 heteroatoms. The van der Waals surface area contributed by atoms with Crippen LogP contribution in [-0.4, -0.2) is 20.6 Å². The second-order valence-electron chi connectivity index (χ2n) is 2.54. The zero-order chi connectivity index (χ0) is 11.5. The summed E-state index contributed by atoms with van der Waals surface area (Å²) in [7, 11) is 0. The van der Waals surface area contributed by atoms with Gasteiger partial charge in [0.05, 0.1) is 17.3 Å². The van der Waals surface area contributed by atoms with Crippen molar-refractivity contribution in [3.8, 4) is 0 Å². The van der Waals surface area contributed by atoms with E-state index in [2.05, 4.69) is 4.98 Å². The molecule has 0 amide bonds. The summed E-state index contributed by atoms with van der Waals surface area (Å²) < 4.78 is 2.45. The second kappa shape index (κ2) is 4.99. The fourth-order valence-electron chi connectivity index (χ4n) is 0.745. The second-order valence-corrected chi connectivity index (χ2v) is 4.21. The fourth-order valence-corrected chi connectivity index (χ4v) is 1.03. The predicted molar refractivity (Wildman–Crippen MR) is 56.1 cm³/mol. The van der Waals surface area contributed by atoms with Crippen LogP contribution in [0.15, 0.2) is 18.3 Å². The first kappa shape index (κ1) is 12.5. The summed E-state index contributed by atoms with van der Waals surface area (Å²) in [5.74, 6) is -1.49. The third-order valence-electron chi connectivity index (χ3n) is 1.47. The van der Waals surface area contributed by atoms with Gasteiger partial charge in [-0.25, -0.2) is 4.79 Å². The van der Waals surface area contributed by atoms with Gasteiger partial charge in [-0.05, 0) is 12.1 Å². The third kappa shape index (κ3) is 3.50. The number of hydrogen-bond donors (Lipinski definition) is 1. The Bertz CT molecular complexity index is 370. The van der Waals surface area contributed by atoms with Gasteiger partial charge in [0.2, 0.25) is 0 Å². The van der Waals surface area contributed by atoms with Crippen molar-refractivity contribution in [2.75, 3.05) is 0 Å². The maximum absolute atomic E-state index is 10.5. The standard InChI is InChI=1S/C8H6Cl3NO3/c9-5-2-1-3-12-6(5)4-15-8(10,11)7(13)14/h1-3H,4H2,(H,13,14). The molecule has 0 unspecified atom stereocenters. The summed E-state index contributed by atoms with van der Waals surface area (Å²) in [5.41, 5.74) is 0.367. The van der Waals surface area contributed by atoms with Crippen LogP contribution < -0.4 is 0 Å². The first-order valence-corrected chi connectivity index (χ1v) is 4.91. The molecule has 0 aliphatic rings. The van der Waals surface area contributed by atoms with Crippen LogP contribution in [0.5, 0.6) is 0 Å². The highest BCUT2D eigenvalue weighted by molar-refractivity contribution is 6.56. The lowest BCUT2D eigenvalue weighted by atomic mass is 10.4. The fraction of sp³-hybridized carbons (Fsp3) is 0.250. The third-order valence-corrected chi connectivity index (χ3v) is 2.36. The van der Waals surface area contributed by atoms with Crippen molar-refractivity contribution in [1.82, 2.24) is 4.98 Å². The minimum atomic E-state index is -2.29. The van der Waals surface area contributed by atoms with Crippen LogP contribution in [-0.2, 0) is 16.1 Å². The van der Waals surface area contributed by atoms with Crippen molar-refractivity contribution in [1.29, 1.82) is 0 Å². The van der Waals surface area contributed by atoms with Gasteiger partial charge in [-0.2, -0.15) is 0 Å². The molecule has 0 saturated carbocycles. The topological polar surface area (TPSA) is 59.4 Å². The monoisotopic (exact) mass is 269 g/mol. The Labute approximate surface area is 101 Å². The molecule has 0 bridgehead atoms. The smallest absolute Gasteiger partial charge is 0.368 e. The van der Waals surface area contributed by atoms with Crippen LogP contribution in [0, 0.1) is 0 Å². The predicted octanol–water partition coefficient (Wildman–Crippen LogP) is 2.47. The van der Waals surface area contributed by atoms with Crippen molar-refractivity contribution in [2.45, 2.75) is 11.1 Å². The average Bonchev–Trinajstić information content (AvgIpc) is 2.16. The molecule has 15 heavy (non-hydrogen) atoms. The highest BCUT2D eigenvalue weighted by atomic mass is 35.5. The molecule has 1 heterocycles. The number of aromatic nitrogens is 1. The molecule has 1 rings (SSSR count). The van der Waals surface area contributed by atoms with E-state index in [1.54, 1.807) is 12.1 Å². The molecule has 82 valence electrons. The molecule has 1 N–H and O–H groups in total. The lowest BCUT2D eigenvalue weighted by molar-refractivity contribution is -0.148. The van der Waals surface area contributed by atoms with Gasteiger partial charge < -0.3 is 9.84 Å². The van der Waals surface area contributed by atoms with E-state index in [1.165, 1.54) is 6.20 Å². The van der Waals surface area contributed by atoms with Gasteiger partial charge in [-0.3, -0.25) is 4.98 Å². The molecule has 0 aliphatic heterocycles. The molecule has 0 aromatic carbocycles. The molecule has 0 saturated heterocycles. The maximum atomic E-state index is 10.5. The normalized spacial score (nSPS) is 11.4. The van der Waals surface area contributed by atoms with Gasteiger partial charge in [0.25, 0.3) is 0 Å². The largest absolute Gasteiger partial charge is 0.477 e. The average molecular weight is 270 g/mol. The number of alkyl halides is 2. The zero-order valence-corrected chi connectivity index (χ0v) is 9.55. The van der Waals surface area contributed by atoms with Gasteiger partial charge >= 0.3 is 10.5 Å². The molecule has 0 spiro atoms. The van der Waals surface area contributed by atoms with E-state index in [0.29, 0.717) is 10.7 Å². The van der Waals surface area contributed by atoms with E-state index < -0.39 is 10.5 Å². The lowest BCUT2D eigenvalue weighted by Crippen LogP contribution is -2.29. The van der Waals surface area contributed by atoms with E-state index in [0.717, 1.165) is 0 Å². The summed E-state index contributed by atoms with van der Waals surface area (Å²) >= 11 is 16.4. The molecular weight excluding hydrogens is 264 g/mol. The van der Waals surface area contributed by atoms with Crippen molar-refractivity contribution < 1.29 is 14.6 Å². The number of ether oxygens (including phenoxy) is 1. The minimum Gasteiger partial charge on any atom is -0.477 e. The number of nitrogens with zero attached hydrogens (tertiary/aromatic N) is 1. The van der Waals surface area contributed by atoms with Crippen molar-refractivity contribution in [2.24, 2.45) is 0 Å². The van der Waals surface area contributed by atoms with Crippen molar-refractivity contribution in [3.63, 3.8) is 0 Å². The van der Waals surface area contributed by atoms with Crippen LogP contribution in [0.4, 0.5) is 0 Å². The number of carboxylic acid groups (broad SMARTS) is 1. The van der Waals surface area contributed by atoms with E-state index in [9.17, 15) is 4.79 Å². The molecule has 0 radical (unpaired) electrons. The number of hydrogen-bond acceptors (Lipinski definition) is 3. The van der Waals surface area contributed by atoms with Gasteiger partial charge in [0.15, 0.2) is 0 Å². The lowest BCUT2D eigenvalue weighted by Gasteiger charge is -2.14. The van der Waals surface area contributed by atoms with Crippen LogP contribution in [0.1, 0.15) is 5.69 Å². The van der Waals surface area contributed by atoms with Crippen molar-refractivity contribution >= 4 is 40.8 Å². The number of aliphatic carboxylic acids is 1. The molecule has 4 nitrogen and oxygen atoms in total. The summed E-state index contributed by atoms with van der Waals surface area (Å²) in [4.78, 5) is 14.4. The first-order valence-electron chi connectivity index (χ1n) is 3.78. The Hall–Kier alpha value is -0.550. The van der Waals surface area contributed by atoms with E-state index in [4.69, 9.17) is 44.6 Å². The Morgan fingerprint density at radius 2 is 2.27 bits per heavy atom. The van der Waals surface area contributed by atoms with Crippen molar-refractivity contribution in [3.05, 3.63) is 29.0 Å². The highest BCUT2D eigenvalue weighted by Gasteiger charge is 2.35. The number of carboxylic acids is 1.